The molecule has 15 heavy (non-hydrogen) atoms. The van der Waals surface area contributed by atoms with Gasteiger partial charge in [-0.2, -0.15) is 5.26 Å². The molecule has 0 aliphatic rings. The van der Waals surface area contributed by atoms with Crippen LogP contribution in [0.25, 0.3) is 10.9 Å². The molecule has 2 aromatic rings. The van der Waals surface area contributed by atoms with Gasteiger partial charge in [0.05, 0.1) is 5.52 Å². The maximum Gasteiger partial charge on any atom is 0.143 e. The lowest BCUT2D eigenvalue weighted by Crippen LogP contribution is -1.95. The molecule has 0 aliphatic carbocycles. The highest BCUT2D eigenvalue weighted by atomic mass is 14.7. The molecule has 0 unspecified atom stereocenters. The van der Waals surface area contributed by atoms with Crippen molar-refractivity contribution in [2.75, 3.05) is 5.73 Å². The molecule has 0 bridgehead atoms. The van der Waals surface area contributed by atoms with Gasteiger partial charge in [0.2, 0.25) is 0 Å². The van der Waals surface area contributed by atoms with E-state index in [1.54, 1.807) is 6.07 Å². The Morgan fingerprint density at radius 2 is 2.07 bits per heavy atom. The van der Waals surface area contributed by atoms with Gasteiger partial charge in [-0.1, -0.05) is 12.1 Å². The van der Waals surface area contributed by atoms with Gasteiger partial charge in [0, 0.05) is 11.1 Å². The summed E-state index contributed by atoms with van der Waals surface area (Å²) < 4.78 is 0. The Morgan fingerprint density at radius 1 is 1.33 bits per heavy atom. The molecule has 0 spiro atoms. The first-order valence-electron chi connectivity index (χ1n) is 4.70. The van der Waals surface area contributed by atoms with Crippen molar-refractivity contribution in [1.82, 2.24) is 4.98 Å². The fraction of sp³-hybridized carbons (Fsp3) is 0.167. The van der Waals surface area contributed by atoms with Gasteiger partial charge < -0.3 is 5.73 Å². The number of hydrogen-bond donors (Lipinski definition) is 1. The highest BCUT2D eigenvalue weighted by Crippen LogP contribution is 2.24. The molecule has 74 valence electrons. The molecule has 3 heteroatoms. The number of aromatic nitrogens is 1. The predicted octanol–water partition coefficient (Wildman–Crippen LogP) is 2.31. The van der Waals surface area contributed by atoms with Crippen molar-refractivity contribution >= 4 is 16.6 Å². The SMILES string of the molecule is Cc1ccc2c(N)cc(C#N)nc2c1C. The highest BCUT2D eigenvalue weighted by Gasteiger charge is 2.06. The minimum atomic E-state index is 0.369. The Bertz CT molecular complexity index is 579. The summed E-state index contributed by atoms with van der Waals surface area (Å²) in [5.41, 5.74) is 9.90. The number of nitrogens with two attached hydrogens (primary N) is 1. The molecular weight excluding hydrogens is 186 g/mol. The average Bonchev–Trinajstić information content (AvgIpc) is 2.23. The molecule has 1 heterocycles. The van der Waals surface area contributed by atoms with Crippen molar-refractivity contribution in [3.63, 3.8) is 0 Å². The molecule has 2 rings (SSSR count). The van der Waals surface area contributed by atoms with Gasteiger partial charge >= 0.3 is 0 Å². The van der Waals surface area contributed by atoms with E-state index in [0.29, 0.717) is 11.4 Å². The lowest BCUT2D eigenvalue weighted by Gasteiger charge is -2.07. The van der Waals surface area contributed by atoms with Crippen LogP contribution in [0.3, 0.4) is 0 Å². The Balaban J connectivity index is 2.94. The van der Waals surface area contributed by atoms with Gasteiger partial charge in [-0.05, 0) is 31.0 Å². The number of rotatable bonds is 0. The van der Waals surface area contributed by atoms with Crippen molar-refractivity contribution < 1.29 is 0 Å². The molecule has 0 fully saturated rings. The quantitative estimate of drug-likeness (QED) is 0.704. The zero-order chi connectivity index (χ0) is 11.0. The fourth-order valence-electron chi connectivity index (χ4n) is 1.61. The first-order chi connectivity index (χ1) is 7.13. The number of aryl methyl sites for hydroxylation is 2. The van der Waals surface area contributed by atoms with Crippen LogP contribution in [0.5, 0.6) is 0 Å². The smallest absolute Gasteiger partial charge is 0.143 e. The van der Waals surface area contributed by atoms with Crippen LogP contribution in [0.2, 0.25) is 0 Å². The number of nitrogen functional groups attached to an aromatic ring is 1. The van der Waals surface area contributed by atoms with Crippen LogP contribution < -0.4 is 5.73 Å². The Hall–Kier alpha value is -2.08. The van der Waals surface area contributed by atoms with Crippen LogP contribution in [-0.2, 0) is 0 Å². The standard InChI is InChI=1S/C12H11N3/c1-7-3-4-10-11(14)5-9(6-13)15-12(10)8(7)2/h3-5H,1-2H3,(H2,14,15). The number of benzene rings is 1. The zero-order valence-electron chi connectivity index (χ0n) is 8.70. The van der Waals surface area contributed by atoms with Crippen molar-refractivity contribution in [2.45, 2.75) is 13.8 Å². The Labute approximate surface area is 88.2 Å². The summed E-state index contributed by atoms with van der Waals surface area (Å²) in [5.74, 6) is 0. The maximum absolute atomic E-state index is 8.81. The average molecular weight is 197 g/mol. The summed E-state index contributed by atoms with van der Waals surface area (Å²) in [6.07, 6.45) is 0. The summed E-state index contributed by atoms with van der Waals surface area (Å²) in [6, 6.07) is 7.58. The van der Waals surface area contributed by atoms with Gasteiger partial charge in [-0.15, -0.1) is 0 Å². The van der Waals surface area contributed by atoms with Crippen LogP contribution in [-0.4, -0.2) is 4.98 Å². The van der Waals surface area contributed by atoms with Gasteiger partial charge in [0.1, 0.15) is 11.8 Å². The van der Waals surface area contributed by atoms with Crippen molar-refractivity contribution in [2.24, 2.45) is 0 Å². The second kappa shape index (κ2) is 3.25. The first kappa shape index (κ1) is 9.47. The van der Waals surface area contributed by atoms with Crippen molar-refractivity contribution in [1.29, 1.82) is 5.26 Å². The van der Waals surface area contributed by atoms with E-state index in [9.17, 15) is 0 Å². The molecule has 0 amide bonds. The van der Waals surface area contributed by atoms with E-state index < -0.39 is 0 Å². The number of nitrogens with zero attached hydrogens (tertiary/aromatic N) is 2. The summed E-state index contributed by atoms with van der Waals surface area (Å²) in [4.78, 5) is 4.27. The maximum atomic E-state index is 8.81. The van der Waals surface area contributed by atoms with Crippen LogP contribution >= 0.6 is 0 Å². The lowest BCUT2D eigenvalue weighted by molar-refractivity contribution is 1.28. The lowest BCUT2D eigenvalue weighted by atomic mass is 10.0. The Kier molecular flexibility index (Phi) is 2.05. The molecule has 0 saturated carbocycles. The Morgan fingerprint density at radius 3 is 2.73 bits per heavy atom. The summed E-state index contributed by atoms with van der Waals surface area (Å²) in [6.45, 7) is 4.01. The number of anilines is 1. The van der Waals surface area contributed by atoms with Gasteiger partial charge in [0.15, 0.2) is 0 Å². The molecule has 1 aromatic carbocycles. The summed E-state index contributed by atoms with van der Waals surface area (Å²) >= 11 is 0. The van der Waals surface area contributed by atoms with Gasteiger partial charge in [-0.3, -0.25) is 0 Å². The molecule has 0 atom stereocenters. The minimum absolute atomic E-state index is 0.369. The monoisotopic (exact) mass is 197 g/mol. The van der Waals surface area contributed by atoms with E-state index in [1.807, 2.05) is 32.0 Å². The zero-order valence-corrected chi connectivity index (χ0v) is 8.70. The molecule has 1 aromatic heterocycles. The van der Waals surface area contributed by atoms with Crippen molar-refractivity contribution in [3.05, 3.63) is 35.0 Å². The molecule has 0 saturated heterocycles. The second-order valence-electron chi connectivity index (χ2n) is 3.61. The van der Waals surface area contributed by atoms with Crippen LogP contribution in [0.15, 0.2) is 18.2 Å². The highest BCUT2D eigenvalue weighted by molar-refractivity contribution is 5.93. The first-order valence-corrected chi connectivity index (χ1v) is 4.70. The third kappa shape index (κ3) is 1.40. The minimum Gasteiger partial charge on any atom is -0.398 e. The third-order valence-electron chi connectivity index (χ3n) is 2.65. The number of fused-ring (bicyclic) bond motifs is 1. The molecular formula is C12H11N3. The van der Waals surface area contributed by atoms with Gasteiger partial charge in [0.25, 0.3) is 0 Å². The van der Waals surface area contributed by atoms with E-state index in [2.05, 4.69) is 4.98 Å². The van der Waals surface area contributed by atoms with Crippen molar-refractivity contribution in [3.8, 4) is 6.07 Å². The van der Waals surface area contributed by atoms with Crippen LogP contribution in [0.4, 0.5) is 5.69 Å². The number of pyridine rings is 1. The van der Waals surface area contributed by atoms with Crippen LogP contribution in [0.1, 0.15) is 16.8 Å². The van der Waals surface area contributed by atoms with E-state index in [-0.39, 0.29) is 0 Å². The van der Waals surface area contributed by atoms with Crippen LogP contribution in [0, 0.1) is 25.2 Å². The molecule has 0 radical (unpaired) electrons. The number of hydrogen-bond acceptors (Lipinski definition) is 3. The molecule has 3 nitrogen and oxygen atoms in total. The molecule has 0 aliphatic heterocycles. The summed E-state index contributed by atoms with van der Waals surface area (Å²) in [7, 11) is 0. The number of nitriles is 1. The largest absolute Gasteiger partial charge is 0.398 e. The topological polar surface area (TPSA) is 62.7 Å². The predicted molar refractivity (Wildman–Crippen MR) is 60.3 cm³/mol. The molecule has 2 N–H and O–H groups in total. The van der Waals surface area contributed by atoms with E-state index in [1.165, 1.54) is 0 Å². The second-order valence-corrected chi connectivity index (χ2v) is 3.61. The fourth-order valence-corrected chi connectivity index (χ4v) is 1.61. The normalized spacial score (nSPS) is 10.2. The van der Waals surface area contributed by atoms with E-state index in [0.717, 1.165) is 22.0 Å². The van der Waals surface area contributed by atoms with Gasteiger partial charge in [-0.25, -0.2) is 4.98 Å². The summed E-state index contributed by atoms with van der Waals surface area (Å²) in [5, 5.41) is 9.73. The van der Waals surface area contributed by atoms with E-state index >= 15 is 0 Å². The third-order valence-corrected chi connectivity index (χ3v) is 2.65. The van der Waals surface area contributed by atoms with E-state index in [4.69, 9.17) is 11.0 Å².